The third-order valence-electron chi connectivity index (χ3n) is 2.92. The summed E-state index contributed by atoms with van der Waals surface area (Å²) in [5.41, 5.74) is 0.369. The minimum atomic E-state index is -0.349. The Morgan fingerprint density at radius 1 is 1.13 bits per heavy atom. The number of hydrogen-bond acceptors (Lipinski definition) is 4. The summed E-state index contributed by atoms with van der Waals surface area (Å²) in [5, 5.41) is 7.77. The van der Waals surface area contributed by atoms with Gasteiger partial charge in [-0.1, -0.05) is 29.8 Å². The van der Waals surface area contributed by atoms with E-state index < -0.39 is 0 Å². The average molecular weight is 369 g/mol. The number of benzene rings is 1. The largest absolute Gasteiger partial charge is 0.354 e. The van der Waals surface area contributed by atoms with Crippen LogP contribution in [0.4, 0.5) is 0 Å². The van der Waals surface area contributed by atoms with Crippen LogP contribution in [-0.2, 0) is 10.5 Å². The number of thiophene rings is 1. The molecule has 1 heterocycles. The number of amides is 2. The minimum absolute atomic E-state index is 0.0559. The Bertz CT molecular complexity index is 647. The summed E-state index contributed by atoms with van der Waals surface area (Å²) in [5.74, 6) is 1.23. The third-order valence-corrected chi connectivity index (χ3v) is 5.32. The van der Waals surface area contributed by atoms with Gasteiger partial charge in [-0.25, -0.2) is 0 Å². The molecule has 23 heavy (non-hydrogen) atoms. The molecule has 2 N–H and O–H groups in total. The van der Waals surface area contributed by atoms with Gasteiger partial charge in [0.15, 0.2) is 0 Å². The predicted molar refractivity (Wildman–Crippen MR) is 97.3 cm³/mol. The highest BCUT2D eigenvalue weighted by Gasteiger charge is 2.10. The van der Waals surface area contributed by atoms with Crippen molar-refractivity contribution < 1.29 is 9.59 Å². The molecule has 7 heteroatoms. The Hall–Kier alpha value is -1.50. The van der Waals surface area contributed by atoms with Crippen molar-refractivity contribution in [2.24, 2.45) is 0 Å². The van der Waals surface area contributed by atoms with E-state index in [4.69, 9.17) is 11.6 Å². The molecule has 1 aromatic carbocycles. The summed E-state index contributed by atoms with van der Waals surface area (Å²) in [6.07, 6.45) is 0. The minimum Gasteiger partial charge on any atom is -0.354 e. The molecule has 2 aromatic rings. The summed E-state index contributed by atoms with van der Waals surface area (Å²) in [6.45, 7) is 0.524. The van der Waals surface area contributed by atoms with E-state index in [1.165, 1.54) is 4.88 Å². The van der Waals surface area contributed by atoms with Crippen LogP contribution in [0.15, 0.2) is 41.8 Å². The zero-order chi connectivity index (χ0) is 16.5. The van der Waals surface area contributed by atoms with E-state index in [9.17, 15) is 9.59 Å². The van der Waals surface area contributed by atoms with Crippen LogP contribution in [0.5, 0.6) is 0 Å². The molecular weight excluding hydrogens is 352 g/mol. The summed E-state index contributed by atoms with van der Waals surface area (Å²) in [6, 6.07) is 10.9. The second kappa shape index (κ2) is 9.60. The van der Waals surface area contributed by atoms with E-state index in [1.54, 1.807) is 47.4 Å². The first kappa shape index (κ1) is 17.8. The number of carbonyl (C=O) groups is 2. The number of halogens is 1. The molecular formula is C16H17ClN2O2S2. The summed E-state index contributed by atoms with van der Waals surface area (Å²) in [7, 11) is 0. The molecule has 2 amide bonds. The van der Waals surface area contributed by atoms with Crippen molar-refractivity contribution in [1.29, 1.82) is 0 Å². The van der Waals surface area contributed by atoms with Gasteiger partial charge in [-0.3, -0.25) is 9.59 Å². The maximum Gasteiger partial charge on any atom is 0.253 e. The molecule has 0 bridgehead atoms. The molecule has 0 atom stereocenters. The van der Waals surface area contributed by atoms with Gasteiger partial charge in [0.2, 0.25) is 5.91 Å². The highest BCUT2D eigenvalue weighted by atomic mass is 35.5. The van der Waals surface area contributed by atoms with Gasteiger partial charge < -0.3 is 10.6 Å². The fourth-order valence-electron chi connectivity index (χ4n) is 1.79. The quantitative estimate of drug-likeness (QED) is 0.703. The van der Waals surface area contributed by atoms with Crippen LogP contribution in [0.3, 0.4) is 0 Å². The molecule has 0 aliphatic heterocycles. The first-order chi connectivity index (χ1) is 11.2. The van der Waals surface area contributed by atoms with Gasteiger partial charge in [-0.2, -0.15) is 11.8 Å². The van der Waals surface area contributed by atoms with Gasteiger partial charge in [-0.05, 0) is 23.6 Å². The highest BCUT2D eigenvalue weighted by molar-refractivity contribution is 7.98. The van der Waals surface area contributed by atoms with E-state index in [1.807, 2.05) is 6.07 Å². The number of nitrogens with one attached hydrogen (secondary N) is 2. The molecule has 0 aliphatic rings. The van der Waals surface area contributed by atoms with Gasteiger partial charge in [0.1, 0.15) is 0 Å². The van der Waals surface area contributed by atoms with Crippen molar-refractivity contribution >= 4 is 46.5 Å². The molecule has 0 radical (unpaired) electrons. The first-order valence-corrected chi connectivity index (χ1v) is 9.47. The molecule has 2 rings (SSSR count). The van der Waals surface area contributed by atoms with E-state index in [-0.39, 0.29) is 18.4 Å². The molecule has 122 valence electrons. The lowest BCUT2D eigenvalue weighted by molar-refractivity contribution is -0.120. The van der Waals surface area contributed by atoms with Crippen molar-refractivity contribution in [2.75, 3.05) is 18.8 Å². The smallest absolute Gasteiger partial charge is 0.253 e. The Labute approximate surface area is 148 Å². The van der Waals surface area contributed by atoms with Crippen LogP contribution >= 0.6 is 34.7 Å². The fraction of sp³-hybridized carbons (Fsp3) is 0.250. The normalized spacial score (nSPS) is 10.3. The van der Waals surface area contributed by atoms with Gasteiger partial charge in [-0.15, -0.1) is 11.3 Å². The van der Waals surface area contributed by atoms with E-state index in [0.29, 0.717) is 17.1 Å². The third kappa shape index (κ3) is 6.25. The van der Waals surface area contributed by atoms with Crippen molar-refractivity contribution in [1.82, 2.24) is 10.6 Å². The van der Waals surface area contributed by atoms with Crippen molar-refractivity contribution in [3.8, 4) is 0 Å². The fourth-order valence-corrected chi connectivity index (χ4v) is 3.71. The van der Waals surface area contributed by atoms with Gasteiger partial charge in [0.05, 0.1) is 17.1 Å². The van der Waals surface area contributed by atoms with E-state index >= 15 is 0 Å². The molecule has 4 nitrogen and oxygen atoms in total. The number of thioether (sulfide) groups is 1. The predicted octanol–water partition coefficient (Wildman–Crippen LogP) is 3.18. The maximum atomic E-state index is 11.9. The second-order valence-corrected chi connectivity index (χ2v) is 7.19. The SMILES string of the molecule is O=C(CNC(=O)c1ccccc1Cl)NCCSCc1cccs1. The van der Waals surface area contributed by atoms with Gasteiger partial charge in [0.25, 0.3) is 5.91 Å². The molecule has 0 spiro atoms. The maximum absolute atomic E-state index is 11.9. The van der Waals surface area contributed by atoms with E-state index in [0.717, 1.165) is 11.5 Å². The molecule has 0 saturated carbocycles. The van der Waals surface area contributed by atoms with Crippen LogP contribution in [0.2, 0.25) is 5.02 Å². The van der Waals surface area contributed by atoms with Gasteiger partial charge in [0, 0.05) is 22.9 Å². The topological polar surface area (TPSA) is 58.2 Å². The lowest BCUT2D eigenvalue weighted by Gasteiger charge is -2.07. The lowest BCUT2D eigenvalue weighted by atomic mass is 10.2. The number of carbonyl (C=O) groups excluding carboxylic acids is 2. The zero-order valence-corrected chi connectivity index (χ0v) is 14.8. The van der Waals surface area contributed by atoms with Crippen molar-refractivity contribution in [2.45, 2.75) is 5.75 Å². The summed E-state index contributed by atoms with van der Waals surface area (Å²) in [4.78, 5) is 24.9. The second-order valence-electron chi connectivity index (χ2n) is 4.64. The Kier molecular flexibility index (Phi) is 7.45. The number of rotatable bonds is 8. The standard InChI is InChI=1S/C16H17ClN2O2S2/c17-14-6-2-1-5-13(14)16(21)19-10-15(20)18-7-9-22-11-12-4-3-8-23-12/h1-6,8H,7,9-11H2,(H,18,20)(H,19,21). The molecule has 0 saturated heterocycles. The lowest BCUT2D eigenvalue weighted by Crippen LogP contribution is -2.37. The molecule has 1 aromatic heterocycles. The molecule has 0 aliphatic carbocycles. The Morgan fingerprint density at radius 3 is 2.70 bits per heavy atom. The number of hydrogen-bond donors (Lipinski definition) is 2. The van der Waals surface area contributed by atoms with Crippen LogP contribution < -0.4 is 10.6 Å². The Morgan fingerprint density at radius 2 is 1.96 bits per heavy atom. The van der Waals surface area contributed by atoms with Crippen LogP contribution in [0.1, 0.15) is 15.2 Å². The summed E-state index contributed by atoms with van der Waals surface area (Å²) >= 11 is 9.43. The van der Waals surface area contributed by atoms with Crippen LogP contribution in [0, 0.1) is 0 Å². The van der Waals surface area contributed by atoms with Crippen molar-refractivity contribution in [3.63, 3.8) is 0 Å². The monoisotopic (exact) mass is 368 g/mol. The van der Waals surface area contributed by atoms with E-state index in [2.05, 4.69) is 22.1 Å². The van der Waals surface area contributed by atoms with Gasteiger partial charge >= 0.3 is 0 Å². The highest BCUT2D eigenvalue weighted by Crippen LogP contribution is 2.16. The van der Waals surface area contributed by atoms with Crippen molar-refractivity contribution in [3.05, 3.63) is 57.2 Å². The van der Waals surface area contributed by atoms with Crippen LogP contribution in [-0.4, -0.2) is 30.7 Å². The average Bonchev–Trinajstić information content (AvgIpc) is 3.06. The first-order valence-electron chi connectivity index (χ1n) is 7.06. The Balaban J connectivity index is 1.60. The molecule has 0 fully saturated rings. The molecule has 0 unspecified atom stereocenters. The summed E-state index contributed by atoms with van der Waals surface area (Å²) < 4.78 is 0. The van der Waals surface area contributed by atoms with Crippen LogP contribution in [0.25, 0.3) is 0 Å². The zero-order valence-electron chi connectivity index (χ0n) is 12.4.